The highest BCUT2D eigenvalue weighted by molar-refractivity contribution is 5.58. The van der Waals surface area contributed by atoms with E-state index in [0.29, 0.717) is 0 Å². The molecule has 29 heavy (non-hydrogen) atoms. The Bertz CT molecular complexity index is 919. The summed E-state index contributed by atoms with van der Waals surface area (Å²) in [5.74, 6) is 0.792. The van der Waals surface area contributed by atoms with Gasteiger partial charge in [-0.05, 0) is 99.1 Å². The lowest BCUT2D eigenvalue weighted by atomic mass is 9.69. The zero-order chi connectivity index (χ0) is 22.1. The van der Waals surface area contributed by atoms with Crippen LogP contribution in [0.4, 0.5) is 0 Å². The summed E-state index contributed by atoms with van der Waals surface area (Å²) >= 11 is 0. The summed E-state index contributed by atoms with van der Waals surface area (Å²) in [6.45, 7) is 17.6. The van der Waals surface area contributed by atoms with Gasteiger partial charge in [-0.15, -0.1) is 0 Å². The molecular formula is C26H32O3. The second-order valence-corrected chi connectivity index (χ2v) is 8.07. The lowest BCUT2D eigenvalue weighted by molar-refractivity contribution is 0.422. The first-order valence-electron chi connectivity index (χ1n) is 9.78. The number of aromatic hydroxyl groups is 2. The molecule has 0 amide bonds. The van der Waals surface area contributed by atoms with Crippen LogP contribution in [-0.4, -0.2) is 15.3 Å². The lowest BCUT2D eigenvalue weighted by Gasteiger charge is -2.34. The summed E-state index contributed by atoms with van der Waals surface area (Å²) < 4.78 is 0. The second kappa shape index (κ2) is 8.20. The first-order chi connectivity index (χ1) is 13.4. The SMILES string of the molecule is C=C(C=C(C)C(O)=CC)C(C)(c1cc(C)c(O)c(C)c1)c1cc(C)c(O)c(C)c1. The van der Waals surface area contributed by atoms with Gasteiger partial charge in [0.15, 0.2) is 0 Å². The molecule has 0 fully saturated rings. The smallest absolute Gasteiger partial charge is 0.121 e. The van der Waals surface area contributed by atoms with Crippen LogP contribution < -0.4 is 0 Å². The van der Waals surface area contributed by atoms with Crippen LogP contribution >= 0.6 is 0 Å². The summed E-state index contributed by atoms with van der Waals surface area (Å²) in [7, 11) is 0. The van der Waals surface area contributed by atoms with Crippen LogP contribution in [0.3, 0.4) is 0 Å². The van der Waals surface area contributed by atoms with Gasteiger partial charge in [0.1, 0.15) is 17.3 Å². The van der Waals surface area contributed by atoms with E-state index in [-0.39, 0.29) is 17.3 Å². The third-order valence-corrected chi connectivity index (χ3v) is 5.85. The van der Waals surface area contributed by atoms with Crippen molar-refractivity contribution < 1.29 is 15.3 Å². The summed E-state index contributed by atoms with van der Waals surface area (Å²) in [5, 5.41) is 30.7. The van der Waals surface area contributed by atoms with Gasteiger partial charge in [0.25, 0.3) is 0 Å². The van der Waals surface area contributed by atoms with E-state index < -0.39 is 5.41 Å². The first-order valence-corrected chi connectivity index (χ1v) is 9.78. The molecule has 3 nitrogen and oxygen atoms in total. The molecule has 154 valence electrons. The minimum Gasteiger partial charge on any atom is -0.508 e. The van der Waals surface area contributed by atoms with Crippen LogP contribution in [-0.2, 0) is 5.41 Å². The largest absolute Gasteiger partial charge is 0.508 e. The maximum atomic E-state index is 10.3. The number of aliphatic hydroxyl groups excluding tert-OH is 1. The Labute approximate surface area is 174 Å². The topological polar surface area (TPSA) is 60.7 Å². The molecule has 2 aromatic rings. The molecule has 0 aliphatic rings. The molecule has 3 heteroatoms. The molecule has 0 saturated heterocycles. The van der Waals surface area contributed by atoms with Gasteiger partial charge in [0.05, 0.1) is 0 Å². The number of aryl methyl sites for hydroxylation is 4. The number of hydrogen-bond donors (Lipinski definition) is 3. The van der Waals surface area contributed by atoms with Crippen molar-refractivity contribution in [2.24, 2.45) is 0 Å². The molecule has 0 aliphatic carbocycles. The average Bonchev–Trinajstić information content (AvgIpc) is 2.67. The number of rotatable bonds is 5. The van der Waals surface area contributed by atoms with Crippen LogP contribution in [0.2, 0.25) is 0 Å². The van der Waals surface area contributed by atoms with Gasteiger partial charge < -0.3 is 15.3 Å². The van der Waals surface area contributed by atoms with E-state index >= 15 is 0 Å². The van der Waals surface area contributed by atoms with E-state index in [1.807, 2.05) is 65.0 Å². The van der Waals surface area contributed by atoms with Gasteiger partial charge >= 0.3 is 0 Å². The number of aliphatic hydroxyl groups is 1. The molecule has 0 aliphatic heterocycles. The van der Waals surface area contributed by atoms with Gasteiger partial charge in [-0.2, -0.15) is 0 Å². The summed E-state index contributed by atoms with van der Waals surface area (Å²) in [6, 6.07) is 7.90. The van der Waals surface area contributed by atoms with Crippen molar-refractivity contribution in [1.82, 2.24) is 0 Å². The molecule has 0 atom stereocenters. The van der Waals surface area contributed by atoms with Crippen molar-refractivity contribution in [2.45, 2.75) is 53.9 Å². The summed E-state index contributed by atoms with van der Waals surface area (Å²) in [4.78, 5) is 0. The number of phenols is 2. The van der Waals surface area contributed by atoms with E-state index in [9.17, 15) is 15.3 Å². The Balaban J connectivity index is 2.84. The van der Waals surface area contributed by atoms with E-state index in [0.717, 1.165) is 44.5 Å². The van der Waals surface area contributed by atoms with Crippen LogP contribution in [0.1, 0.15) is 54.2 Å². The van der Waals surface area contributed by atoms with Crippen molar-refractivity contribution in [1.29, 1.82) is 0 Å². The van der Waals surface area contributed by atoms with Gasteiger partial charge in [-0.3, -0.25) is 0 Å². The fraction of sp³-hybridized carbons (Fsp3) is 0.308. The average molecular weight is 393 g/mol. The highest BCUT2D eigenvalue weighted by Gasteiger charge is 2.33. The lowest BCUT2D eigenvalue weighted by Crippen LogP contribution is -2.26. The molecular weight excluding hydrogens is 360 g/mol. The zero-order valence-corrected chi connectivity index (χ0v) is 18.5. The molecule has 0 heterocycles. The number of phenolic OH excluding ortho intramolecular Hbond substituents is 2. The Hall–Kier alpha value is -2.94. The van der Waals surface area contributed by atoms with Crippen molar-refractivity contribution in [2.75, 3.05) is 0 Å². The van der Waals surface area contributed by atoms with Crippen LogP contribution in [0.15, 0.2) is 59.9 Å². The Morgan fingerprint density at radius 2 is 1.21 bits per heavy atom. The maximum absolute atomic E-state index is 10.3. The van der Waals surface area contributed by atoms with Crippen LogP contribution in [0, 0.1) is 27.7 Å². The molecule has 0 aromatic heterocycles. The van der Waals surface area contributed by atoms with Crippen molar-refractivity contribution >= 4 is 0 Å². The summed E-state index contributed by atoms with van der Waals surface area (Å²) in [6.07, 6.45) is 3.55. The highest BCUT2D eigenvalue weighted by Crippen LogP contribution is 2.43. The van der Waals surface area contributed by atoms with Crippen LogP contribution in [0.25, 0.3) is 0 Å². The highest BCUT2D eigenvalue weighted by atomic mass is 16.3. The predicted octanol–water partition coefficient (Wildman–Crippen LogP) is 6.60. The molecule has 0 unspecified atom stereocenters. The van der Waals surface area contributed by atoms with Gasteiger partial charge in [-0.25, -0.2) is 0 Å². The zero-order valence-electron chi connectivity index (χ0n) is 18.5. The van der Waals surface area contributed by atoms with Gasteiger partial charge in [-0.1, -0.05) is 36.9 Å². The van der Waals surface area contributed by atoms with Gasteiger partial charge in [0.2, 0.25) is 0 Å². The monoisotopic (exact) mass is 392 g/mol. The fourth-order valence-electron chi connectivity index (χ4n) is 3.73. The molecule has 0 radical (unpaired) electrons. The quantitative estimate of drug-likeness (QED) is 0.397. The molecule has 2 aromatic carbocycles. The third-order valence-electron chi connectivity index (χ3n) is 5.85. The fourth-order valence-corrected chi connectivity index (χ4v) is 3.73. The molecule has 3 N–H and O–H groups in total. The van der Waals surface area contributed by atoms with Crippen molar-refractivity contribution in [3.63, 3.8) is 0 Å². The molecule has 0 saturated carbocycles. The van der Waals surface area contributed by atoms with Gasteiger partial charge in [0, 0.05) is 5.41 Å². The Morgan fingerprint density at radius 3 is 1.52 bits per heavy atom. The number of benzene rings is 2. The van der Waals surface area contributed by atoms with E-state index in [1.54, 1.807) is 13.0 Å². The predicted molar refractivity (Wildman–Crippen MR) is 121 cm³/mol. The second-order valence-electron chi connectivity index (χ2n) is 8.07. The number of allylic oxidation sites excluding steroid dienone is 4. The third kappa shape index (κ3) is 4.09. The molecule has 0 spiro atoms. The van der Waals surface area contributed by atoms with Crippen molar-refractivity contribution in [3.05, 3.63) is 93.3 Å². The maximum Gasteiger partial charge on any atom is 0.121 e. The number of hydrogen-bond acceptors (Lipinski definition) is 3. The van der Waals surface area contributed by atoms with E-state index in [1.165, 1.54) is 0 Å². The Morgan fingerprint density at radius 1 is 0.862 bits per heavy atom. The minimum atomic E-state index is -0.623. The van der Waals surface area contributed by atoms with E-state index in [2.05, 4.69) is 13.5 Å². The summed E-state index contributed by atoms with van der Waals surface area (Å²) in [5.41, 5.74) is 6.06. The Kier molecular flexibility index (Phi) is 6.32. The van der Waals surface area contributed by atoms with Crippen molar-refractivity contribution in [3.8, 4) is 11.5 Å². The van der Waals surface area contributed by atoms with Crippen LogP contribution in [0.5, 0.6) is 11.5 Å². The van der Waals surface area contributed by atoms with E-state index in [4.69, 9.17) is 0 Å². The minimum absolute atomic E-state index is 0.213. The first kappa shape index (κ1) is 22.4. The standard InChI is InChI=1S/C26H32O3/c1-9-23(27)15(2)10-20(7)26(8,21-11-16(3)24(28)17(4)12-21)22-13-18(5)25(29)19(6)14-22/h9-14,27-29H,7H2,1-6,8H3. The molecule has 0 bridgehead atoms. The molecule has 2 rings (SSSR count). The normalized spacial score (nSPS) is 12.9.